The number of halogens is 1. The van der Waals surface area contributed by atoms with Gasteiger partial charge in [0.15, 0.2) is 0 Å². The van der Waals surface area contributed by atoms with Crippen molar-refractivity contribution in [2.24, 2.45) is 0 Å². The van der Waals surface area contributed by atoms with Crippen LogP contribution < -0.4 is 5.73 Å². The molecule has 2 rings (SSSR count). The van der Waals surface area contributed by atoms with E-state index in [1.807, 2.05) is 6.92 Å². The Balaban J connectivity index is 2.37. The van der Waals surface area contributed by atoms with Crippen LogP contribution in [0.2, 0.25) is 0 Å². The minimum atomic E-state index is -3.83. The Hall–Kier alpha value is -1.51. The summed E-state index contributed by atoms with van der Waals surface area (Å²) in [6.45, 7) is 3.39. The molecule has 0 aliphatic rings. The predicted molar refractivity (Wildman–Crippen MR) is 81.1 cm³/mol. The number of rotatable bonds is 4. The number of anilines is 1. The topological polar surface area (TPSA) is 76.3 Å². The van der Waals surface area contributed by atoms with E-state index in [9.17, 15) is 12.8 Å². The molecule has 0 radical (unpaired) electrons. The van der Waals surface area contributed by atoms with Crippen molar-refractivity contribution in [1.82, 2.24) is 9.29 Å². The van der Waals surface area contributed by atoms with Crippen molar-refractivity contribution >= 4 is 27.0 Å². The molecule has 1 heterocycles. The summed E-state index contributed by atoms with van der Waals surface area (Å²) in [5, 5.41) is 2.66. The van der Waals surface area contributed by atoms with E-state index in [0.717, 1.165) is 15.4 Å². The van der Waals surface area contributed by atoms with Crippen molar-refractivity contribution in [2.45, 2.75) is 25.3 Å². The van der Waals surface area contributed by atoms with E-state index >= 15 is 0 Å². The lowest BCUT2D eigenvalue weighted by atomic mass is 10.2. The summed E-state index contributed by atoms with van der Waals surface area (Å²) in [7, 11) is -2.39. The molecule has 0 aliphatic carbocycles. The fourth-order valence-corrected chi connectivity index (χ4v) is 3.91. The van der Waals surface area contributed by atoms with Crippen LogP contribution in [-0.4, -0.2) is 24.8 Å². The van der Waals surface area contributed by atoms with E-state index in [0.29, 0.717) is 5.69 Å². The molecule has 0 aliphatic heterocycles. The number of nitrogen functional groups attached to an aromatic ring is 1. The van der Waals surface area contributed by atoms with Gasteiger partial charge >= 0.3 is 0 Å². The van der Waals surface area contributed by atoms with E-state index in [-0.39, 0.29) is 22.7 Å². The van der Waals surface area contributed by atoms with E-state index < -0.39 is 15.8 Å². The number of hydrogen-bond acceptors (Lipinski definition) is 5. The molecule has 21 heavy (non-hydrogen) atoms. The molecule has 8 heteroatoms. The number of thiazole rings is 1. The maximum atomic E-state index is 13.7. The first kappa shape index (κ1) is 15.9. The molecule has 5 nitrogen and oxygen atoms in total. The van der Waals surface area contributed by atoms with Gasteiger partial charge in [0.25, 0.3) is 0 Å². The zero-order valence-corrected chi connectivity index (χ0v) is 13.6. The standard InChI is InChI=1S/C13H16FN3O2S2/c1-8-12(14)4-10(15)5-13(8)21(18,19)17(3)6-11-7-20-9(2)16-11/h4-5,7H,6,15H2,1-3H3. The second-order valence-electron chi connectivity index (χ2n) is 4.74. The lowest BCUT2D eigenvalue weighted by Crippen LogP contribution is -2.27. The molecule has 0 bridgehead atoms. The van der Waals surface area contributed by atoms with Gasteiger partial charge in [-0.2, -0.15) is 4.31 Å². The molecule has 0 amide bonds. The Bertz CT molecular complexity index is 772. The maximum absolute atomic E-state index is 13.7. The second-order valence-corrected chi connectivity index (χ2v) is 7.82. The first-order valence-electron chi connectivity index (χ1n) is 6.15. The van der Waals surface area contributed by atoms with Gasteiger partial charge in [-0.3, -0.25) is 0 Å². The summed E-state index contributed by atoms with van der Waals surface area (Å²) in [5.74, 6) is -0.633. The highest BCUT2D eigenvalue weighted by Gasteiger charge is 2.25. The lowest BCUT2D eigenvalue weighted by molar-refractivity contribution is 0.461. The van der Waals surface area contributed by atoms with Crippen molar-refractivity contribution in [3.8, 4) is 0 Å². The zero-order valence-electron chi connectivity index (χ0n) is 11.9. The van der Waals surface area contributed by atoms with Gasteiger partial charge in [0, 0.05) is 23.7 Å². The minimum Gasteiger partial charge on any atom is -0.399 e. The Morgan fingerprint density at radius 2 is 2.05 bits per heavy atom. The third-order valence-corrected chi connectivity index (χ3v) is 5.81. The van der Waals surface area contributed by atoms with Crippen LogP contribution in [0.1, 0.15) is 16.3 Å². The average Bonchev–Trinajstić information content (AvgIpc) is 2.79. The molecule has 0 saturated heterocycles. The highest BCUT2D eigenvalue weighted by molar-refractivity contribution is 7.89. The van der Waals surface area contributed by atoms with Crippen molar-refractivity contribution in [2.75, 3.05) is 12.8 Å². The maximum Gasteiger partial charge on any atom is 0.243 e. The Morgan fingerprint density at radius 3 is 2.62 bits per heavy atom. The van der Waals surface area contributed by atoms with Crippen LogP contribution in [0.15, 0.2) is 22.4 Å². The molecular formula is C13H16FN3O2S2. The molecule has 0 saturated carbocycles. The molecule has 114 valence electrons. The fraction of sp³-hybridized carbons (Fsp3) is 0.308. The van der Waals surface area contributed by atoms with Gasteiger partial charge in [-0.25, -0.2) is 17.8 Å². The predicted octanol–water partition coefficient (Wildman–Crippen LogP) is 2.30. The Morgan fingerprint density at radius 1 is 1.38 bits per heavy atom. The van der Waals surface area contributed by atoms with Crippen LogP contribution in [0.3, 0.4) is 0 Å². The van der Waals surface area contributed by atoms with Crippen LogP contribution in [0.4, 0.5) is 10.1 Å². The number of nitrogens with zero attached hydrogens (tertiary/aromatic N) is 2. The normalized spacial score (nSPS) is 12.0. The number of aromatic nitrogens is 1. The van der Waals surface area contributed by atoms with Crippen molar-refractivity contribution < 1.29 is 12.8 Å². The fourth-order valence-electron chi connectivity index (χ4n) is 1.90. The van der Waals surface area contributed by atoms with Crippen molar-refractivity contribution in [3.05, 3.63) is 39.6 Å². The summed E-state index contributed by atoms with van der Waals surface area (Å²) >= 11 is 1.45. The molecule has 0 unspecified atom stereocenters. The number of benzene rings is 1. The summed E-state index contributed by atoms with van der Waals surface area (Å²) in [5.41, 5.74) is 6.34. The number of sulfonamides is 1. The van der Waals surface area contributed by atoms with Crippen molar-refractivity contribution in [1.29, 1.82) is 0 Å². The smallest absolute Gasteiger partial charge is 0.243 e. The average molecular weight is 329 g/mol. The summed E-state index contributed by atoms with van der Waals surface area (Å²) < 4.78 is 39.9. The van der Waals surface area contributed by atoms with Gasteiger partial charge in [-0.1, -0.05) is 0 Å². The number of nitrogens with two attached hydrogens (primary N) is 1. The number of hydrogen-bond donors (Lipinski definition) is 1. The molecule has 0 atom stereocenters. The summed E-state index contributed by atoms with van der Waals surface area (Å²) in [6, 6.07) is 2.38. The van der Waals surface area contributed by atoms with Crippen molar-refractivity contribution in [3.63, 3.8) is 0 Å². The van der Waals surface area contributed by atoms with Gasteiger partial charge in [-0.05, 0) is 26.0 Å². The minimum absolute atomic E-state index is 0.0607. The molecule has 0 fully saturated rings. The summed E-state index contributed by atoms with van der Waals surface area (Å²) in [4.78, 5) is 4.11. The van der Waals surface area contributed by atoms with E-state index in [1.165, 1.54) is 31.4 Å². The van der Waals surface area contributed by atoms with E-state index in [1.54, 1.807) is 5.38 Å². The number of aryl methyl sites for hydroxylation is 1. The van der Waals surface area contributed by atoms with Crippen LogP contribution in [0, 0.1) is 19.7 Å². The molecule has 1 aromatic carbocycles. The second kappa shape index (κ2) is 5.70. The van der Waals surface area contributed by atoms with Gasteiger partial charge in [0.1, 0.15) is 5.82 Å². The van der Waals surface area contributed by atoms with Gasteiger partial charge in [0.05, 0.1) is 22.1 Å². The molecule has 1 aromatic heterocycles. The Kier molecular flexibility index (Phi) is 4.31. The molecule has 2 aromatic rings. The van der Waals surface area contributed by atoms with Crippen LogP contribution in [-0.2, 0) is 16.6 Å². The van der Waals surface area contributed by atoms with E-state index in [4.69, 9.17) is 5.73 Å². The van der Waals surface area contributed by atoms with Gasteiger partial charge < -0.3 is 5.73 Å². The largest absolute Gasteiger partial charge is 0.399 e. The molecular weight excluding hydrogens is 313 g/mol. The van der Waals surface area contributed by atoms with E-state index in [2.05, 4.69) is 4.98 Å². The van der Waals surface area contributed by atoms with Crippen LogP contribution in [0.25, 0.3) is 0 Å². The monoisotopic (exact) mass is 329 g/mol. The third kappa shape index (κ3) is 3.22. The van der Waals surface area contributed by atoms with Crippen LogP contribution in [0.5, 0.6) is 0 Å². The highest BCUT2D eigenvalue weighted by atomic mass is 32.2. The quantitative estimate of drug-likeness (QED) is 0.873. The van der Waals surface area contributed by atoms with Gasteiger partial charge in [-0.15, -0.1) is 11.3 Å². The summed E-state index contributed by atoms with van der Waals surface area (Å²) in [6.07, 6.45) is 0. The third-order valence-electron chi connectivity index (χ3n) is 3.06. The lowest BCUT2D eigenvalue weighted by Gasteiger charge is -2.18. The first-order valence-corrected chi connectivity index (χ1v) is 8.46. The van der Waals surface area contributed by atoms with Gasteiger partial charge in [0.2, 0.25) is 10.0 Å². The first-order chi connectivity index (χ1) is 9.71. The molecule has 2 N–H and O–H groups in total. The highest BCUT2D eigenvalue weighted by Crippen LogP contribution is 2.25. The van der Waals surface area contributed by atoms with Crippen LogP contribution >= 0.6 is 11.3 Å². The SMILES string of the molecule is Cc1nc(CN(C)S(=O)(=O)c2cc(N)cc(F)c2C)cs1. The molecule has 0 spiro atoms. The Labute approximate surface area is 127 Å². The zero-order chi connectivity index (χ0) is 15.8.